The Bertz CT molecular complexity index is 653. The molecule has 2 aliphatic rings. The molecule has 0 aliphatic heterocycles. The molecule has 2 heteroatoms. The van der Waals surface area contributed by atoms with Crippen LogP contribution in [0.5, 0.6) is 0 Å². The third-order valence-corrected chi connectivity index (χ3v) is 7.63. The van der Waals surface area contributed by atoms with Crippen molar-refractivity contribution in [3.63, 3.8) is 0 Å². The molecule has 0 radical (unpaired) electrons. The Morgan fingerprint density at radius 3 is 1.71 bits per heavy atom. The molecular weight excluding hydrogens is 340 g/mol. The first-order valence-electron chi connectivity index (χ1n) is 11.7. The summed E-state index contributed by atoms with van der Waals surface area (Å²) in [4.78, 5) is 0. The second kappa shape index (κ2) is 9.20. The fraction of sp³-hybridized carbons (Fsp3) is 0.615. The van der Waals surface area contributed by atoms with Crippen LogP contribution in [0.1, 0.15) is 101 Å². The molecule has 0 unspecified atom stereocenters. The highest BCUT2D eigenvalue weighted by atomic mass is 15.1. The lowest BCUT2D eigenvalue weighted by molar-refractivity contribution is 0.315. The summed E-state index contributed by atoms with van der Waals surface area (Å²) in [6.45, 7) is 4.66. The van der Waals surface area contributed by atoms with Gasteiger partial charge in [-0.05, 0) is 86.8 Å². The minimum atomic E-state index is 0.616. The summed E-state index contributed by atoms with van der Waals surface area (Å²) in [6.07, 6.45) is 13.4. The van der Waals surface area contributed by atoms with E-state index in [4.69, 9.17) is 0 Å². The Kier molecular flexibility index (Phi) is 6.44. The van der Waals surface area contributed by atoms with E-state index in [0.29, 0.717) is 5.92 Å². The summed E-state index contributed by atoms with van der Waals surface area (Å²) in [5.41, 5.74) is 4.91. The normalized spacial score (nSPS) is 28.2. The van der Waals surface area contributed by atoms with Crippen LogP contribution in [-0.2, 0) is 0 Å². The number of benzene rings is 1. The second-order valence-corrected chi connectivity index (χ2v) is 9.22. The summed E-state index contributed by atoms with van der Waals surface area (Å²) in [5, 5.41) is 9.19. The minimum absolute atomic E-state index is 0.616. The van der Waals surface area contributed by atoms with Crippen LogP contribution < -0.4 is 0 Å². The fourth-order valence-electron chi connectivity index (χ4n) is 5.41. The van der Waals surface area contributed by atoms with Gasteiger partial charge in [-0.25, -0.2) is 0 Å². The molecule has 0 spiro atoms. The van der Waals surface area contributed by atoms with Crippen molar-refractivity contribution in [2.45, 2.75) is 89.9 Å². The van der Waals surface area contributed by atoms with E-state index in [-0.39, 0.29) is 0 Å². The van der Waals surface area contributed by atoms with Crippen LogP contribution >= 0.6 is 0 Å². The lowest BCUT2D eigenvalue weighted by Gasteiger charge is -2.28. The lowest BCUT2D eigenvalue weighted by Crippen LogP contribution is -2.14. The molecule has 0 N–H and O–H groups in total. The second-order valence-electron chi connectivity index (χ2n) is 9.22. The van der Waals surface area contributed by atoms with Gasteiger partial charge in [-0.3, -0.25) is 0 Å². The number of aromatic nitrogens is 2. The van der Waals surface area contributed by atoms with Gasteiger partial charge in [-0.2, -0.15) is 10.2 Å². The van der Waals surface area contributed by atoms with E-state index in [9.17, 15) is 0 Å². The van der Waals surface area contributed by atoms with Crippen molar-refractivity contribution < 1.29 is 0 Å². The van der Waals surface area contributed by atoms with E-state index in [1.807, 2.05) is 0 Å². The Hall–Kier alpha value is -1.70. The van der Waals surface area contributed by atoms with Gasteiger partial charge in [0.25, 0.3) is 0 Å². The molecule has 0 atom stereocenters. The molecule has 1 aromatic heterocycles. The van der Waals surface area contributed by atoms with Crippen LogP contribution in [0, 0.1) is 11.8 Å². The Morgan fingerprint density at radius 2 is 1.21 bits per heavy atom. The van der Waals surface area contributed by atoms with Crippen molar-refractivity contribution in [1.29, 1.82) is 0 Å². The largest absolute Gasteiger partial charge is 0.155 e. The van der Waals surface area contributed by atoms with Crippen LogP contribution in [0.15, 0.2) is 36.4 Å². The van der Waals surface area contributed by atoms with Gasteiger partial charge in [0.1, 0.15) is 0 Å². The number of nitrogens with zero attached hydrogens (tertiary/aromatic N) is 2. The van der Waals surface area contributed by atoms with Crippen molar-refractivity contribution in [3.05, 3.63) is 47.7 Å². The molecule has 2 aliphatic carbocycles. The quantitative estimate of drug-likeness (QED) is 0.539. The van der Waals surface area contributed by atoms with Crippen molar-refractivity contribution >= 4 is 0 Å². The lowest BCUT2D eigenvalue weighted by atomic mass is 9.78. The van der Waals surface area contributed by atoms with Gasteiger partial charge in [0, 0.05) is 11.5 Å². The molecule has 0 amide bonds. The Morgan fingerprint density at radius 1 is 0.643 bits per heavy atom. The van der Waals surface area contributed by atoms with Crippen molar-refractivity contribution in [1.82, 2.24) is 10.2 Å². The van der Waals surface area contributed by atoms with Gasteiger partial charge >= 0.3 is 0 Å². The summed E-state index contributed by atoms with van der Waals surface area (Å²) in [6, 6.07) is 13.5. The van der Waals surface area contributed by atoms with Crippen LogP contribution in [0.4, 0.5) is 0 Å². The SMILES string of the molecule is CC[C@H]1CC[C@H](c2ccc(-c3ccc([C@H]4CC[C@H](CC)CC4)nn3)cc2)CC1. The van der Waals surface area contributed by atoms with Crippen LogP contribution in [0.2, 0.25) is 0 Å². The zero-order valence-electron chi connectivity index (χ0n) is 17.7. The predicted molar refractivity (Wildman–Crippen MR) is 117 cm³/mol. The first kappa shape index (κ1) is 19.6. The van der Waals surface area contributed by atoms with Crippen LogP contribution in [0.3, 0.4) is 0 Å². The van der Waals surface area contributed by atoms with Gasteiger partial charge in [-0.1, -0.05) is 51.0 Å². The van der Waals surface area contributed by atoms with E-state index in [1.54, 1.807) is 0 Å². The zero-order valence-corrected chi connectivity index (χ0v) is 17.7. The van der Waals surface area contributed by atoms with Gasteiger partial charge in [0.2, 0.25) is 0 Å². The minimum Gasteiger partial charge on any atom is -0.155 e. The predicted octanol–water partition coefficient (Wildman–Crippen LogP) is 7.51. The van der Waals surface area contributed by atoms with Gasteiger partial charge in [0.15, 0.2) is 0 Å². The third kappa shape index (κ3) is 4.47. The molecule has 2 saturated carbocycles. The maximum atomic E-state index is 4.61. The highest BCUT2D eigenvalue weighted by Gasteiger charge is 2.23. The third-order valence-electron chi connectivity index (χ3n) is 7.63. The van der Waals surface area contributed by atoms with E-state index >= 15 is 0 Å². The Balaban J connectivity index is 1.38. The van der Waals surface area contributed by atoms with E-state index < -0.39 is 0 Å². The first-order chi connectivity index (χ1) is 13.8. The average molecular weight is 377 g/mol. The van der Waals surface area contributed by atoms with Crippen molar-refractivity contribution in [2.75, 3.05) is 0 Å². The molecular formula is C26H36N2. The van der Waals surface area contributed by atoms with Crippen molar-refractivity contribution in [3.8, 4) is 11.3 Å². The molecule has 2 nitrogen and oxygen atoms in total. The summed E-state index contributed by atoms with van der Waals surface area (Å²) in [7, 11) is 0. The van der Waals surface area contributed by atoms with E-state index in [2.05, 4.69) is 60.4 Å². The molecule has 0 bridgehead atoms. The van der Waals surface area contributed by atoms with E-state index in [0.717, 1.165) is 23.4 Å². The van der Waals surface area contributed by atoms with Crippen LogP contribution in [-0.4, -0.2) is 10.2 Å². The smallest absolute Gasteiger partial charge is 0.0929 e. The molecule has 1 aromatic carbocycles. The van der Waals surface area contributed by atoms with Gasteiger partial charge in [0.05, 0.1) is 11.4 Å². The number of hydrogen-bond donors (Lipinski definition) is 0. The summed E-state index contributed by atoms with van der Waals surface area (Å²) >= 11 is 0. The average Bonchev–Trinajstić information content (AvgIpc) is 2.79. The summed E-state index contributed by atoms with van der Waals surface area (Å²) in [5.74, 6) is 3.26. The maximum absolute atomic E-state index is 4.61. The zero-order chi connectivity index (χ0) is 19.3. The molecule has 2 fully saturated rings. The van der Waals surface area contributed by atoms with Gasteiger partial charge < -0.3 is 0 Å². The molecule has 1 heterocycles. The Labute approximate surface area is 171 Å². The molecule has 0 saturated heterocycles. The highest BCUT2D eigenvalue weighted by Crippen LogP contribution is 2.38. The maximum Gasteiger partial charge on any atom is 0.0929 e. The molecule has 2 aromatic rings. The molecule has 150 valence electrons. The number of rotatable bonds is 5. The molecule has 4 rings (SSSR count). The standard InChI is InChI=1S/C26H36N2/c1-3-19-5-9-21(10-6-19)22-13-15-24(16-14-22)26-18-17-25(27-28-26)23-11-7-20(4-2)8-12-23/h13-21,23H,3-12H2,1-2H3/t19-,20-,21-,23-. The van der Waals surface area contributed by atoms with Crippen molar-refractivity contribution in [2.24, 2.45) is 11.8 Å². The first-order valence-corrected chi connectivity index (χ1v) is 11.7. The molecule has 28 heavy (non-hydrogen) atoms. The topological polar surface area (TPSA) is 25.8 Å². The van der Waals surface area contributed by atoms with Crippen LogP contribution in [0.25, 0.3) is 11.3 Å². The summed E-state index contributed by atoms with van der Waals surface area (Å²) < 4.78 is 0. The fourth-order valence-corrected chi connectivity index (χ4v) is 5.41. The number of hydrogen-bond acceptors (Lipinski definition) is 2. The monoisotopic (exact) mass is 376 g/mol. The van der Waals surface area contributed by atoms with Gasteiger partial charge in [-0.15, -0.1) is 0 Å². The highest BCUT2D eigenvalue weighted by molar-refractivity contribution is 5.59. The van der Waals surface area contributed by atoms with E-state index in [1.165, 1.54) is 81.0 Å².